The fraction of sp³-hybridized carbons (Fsp3) is 0.364. The zero-order valence-electron chi connectivity index (χ0n) is 8.38. The molecule has 0 radical (unpaired) electrons. The van der Waals surface area contributed by atoms with Gasteiger partial charge in [-0.15, -0.1) is 0 Å². The van der Waals surface area contributed by atoms with Crippen LogP contribution in [-0.2, 0) is 0 Å². The van der Waals surface area contributed by atoms with Crippen LogP contribution in [-0.4, -0.2) is 35.2 Å². The molecule has 2 rings (SSSR count). The Hall–Kier alpha value is -1.35. The van der Waals surface area contributed by atoms with E-state index in [1.165, 1.54) is 0 Å². The van der Waals surface area contributed by atoms with Gasteiger partial charge in [-0.05, 0) is 6.92 Å². The first-order valence-corrected chi connectivity index (χ1v) is 4.74. The van der Waals surface area contributed by atoms with E-state index in [1.807, 2.05) is 44.3 Å². The molecule has 2 atom stereocenters. The van der Waals surface area contributed by atoms with Crippen LogP contribution in [0.4, 0.5) is 0 Å². The SMILES string of the molecule is CC1N=C(c2ccccc2)N(C)C1O. The summed E-state index contributed by atoms with van der Waals surface area (Å²) < 4.78 is 0. The van der Waals surface area contributed by atoms with Crippen LogP contribution >= 0.6 is 0 Å². The zero-order chi connectivity index (χ0) is 10.1. The molecule has 3 heteroatoms. The number of likely N-dealkylation sites (N-methyl/N-ethyl adjacent to an activating group) is 1. The summed E-state index contributed by atoms with van der Waals surface area (Å²) in [6.45, 7) is 1.91. The largest absolute Gasteiger partial charge is 0.371 e. The minimum atomic E-state index is -0.495. The molecule has 1 aromatic rings. The standard InChI is InChI=1S/C11H14N2O/c1-8-11(14)13(2)10(12-8)9-6-4-3-5-7-9/h3-8,11,14H,1-2H3. The number of amidine groups is 1. The first-order chi connectivity index (χ1) is 6.70. The molecule has 0 aliphatic carbocycles. The molecule has 1 aliphatic heterocycles. The van der Waals surface area contributed by atoms with Gasteiger partial charge in [-0.3, -0.25) is 4.99 Å². The third kappa shape index (κ3) is 1.40. The lowest BCUT2D eigenvalue weighted by Gasteiger charge is -2.20. The highest BCUT2D eigenvalue weighted by Gasteiger charge is 2.29. The van der Waals surface area contributed by atoms with Crippen molar-refractivity contribution in [2.75, 3.05) is 7.05 Å². The fourth-order valence-electron chi connectivity index (χ4n) is 1.66. The van der Waals surface area contributed by atoms with Crippen molar-refractivity contribution in [3.63, 3.8) is 0 Å². The van der Waals surface area contributed by atoms with Crippen LogP contribution in [0.2, 0.25) is 0 Å². The van der Waals surface area contributed by atoms with Gasteiger partial charge >= 0.3 is 0 Å². The molecule has 0 saturated carbocycles. The number of benzene rings is 1. The Kier molecular flexibility index (Phi) is 2.25. The maximum atomic E-state index is 9.71. The molecular formula is C11H14N2O. The van der Waals surface area contributed by atoms with E-state index >= 15 is 0 Å². The zero-order valence-corrected chi connectivity index (χ0v) is 8.38. The summed E-state index contributed by atoms with van der Waals surface area (Å²) >= 11 is 0. The van der Waals surface area contributed by atoms with Gasteiger partial charge in [0.05, 0.1) is 6.04 Å². The van der Waals surface area contributed by atoms with Crippen LogP contribution in [0.5, 0.6) is 0 Å². The predicted molar refractivity (Wildman–Crippen MR) is 56.2 cm³/mol. The third-order valence-corrected chi connectivity index (χ3v) is 2.52. The molecule has 3 nitrogen and oxygen atoms in total. The number of nitrogens with zero attached hydrogens (tertiary/aromatic N) is 2. The molecule has 0 bridgehead atoms. The minimum Gasteiger partial charge on any atom is -0.371 e. The second-order valence-electron chi connectivity index (χ2n) is 3.58. The van der Waals surface area contributed by atoms with Crippen LogP contribution in [0.3, 0.4) is 0 Å². The molecule has 1 aliphatic rings. The Morgan fingerprint density at radius 3 is 2.43 bits per heavy atom. The Morgan fingerprint density at radius 1 is 1.29 bits per heavy atom. The monoisotopic (exact) mass is 190 g/mol. The lowest BCUT2D eigenvalue weighted by atomic mass is 10.2. The number of hydrogen-bond acceptors (Lipinski definition) is 3. The maximum absolute atomic E-state index is 9.71. The molecule has 0 fully saturated rings. The quantitative estimate of drug-likeness (QED) is 0.719. The fourth-order valence-corrected chi connectivity index (χ4v) is 1.66. The second kappa shape index (κ2) is 3.42. The van der Waals surface area contributed by atoms with Gasteiger partial charge in [0.2, 0.25) is 0 Å². The van der Waals surface area contributed by atoms with Crippen LogP contribution in [0.25, 0.3) is 0 Å². The average molecular weight is 190 g/mol. The highest BCUT2D eigenvalue weighted by atomic mass is 16.3. The summed E-state index contributed by atoms with van der Waals surface area (Å²) in [6.07, 6.45) is -0.495. The van der Waals surface area contributed by atoms with Crippen molar-refractivity contribution in [1.29, 1.82) is 0 Å². The van der Waals surface area contributed by atoms with Crippen molar-refractivity contribution in [3.8, 4) is 0 Å². The maximum Gasteiger partial charge on any atom is 0.150 e. The molecule has 74 valence electrons. The lowest BCUT2D eigenvalue weighted by molar-refractivity contribution is 0.0674. The van der Waals surface area contributed by atoms with Gasteiger partial charge in [-0.25, -0.2) is 0 Å². The molecule has 14 heavy (non-hydrogen) atoms. The van der Waals surface area contributed by atoms with E-state index in [0.29, 0.717) is 0 Å². The summed E-state index contributed by atoms with van der Waals surface area (Å²) in [5.74, 6) is 0.866. The summed E-state index contributed by atoms with van der Waals surface area (Å²) in [6, 6.07) is 9.87. The number of aliphatic hydroxyl groups is 1. The Bertz CT molecular complexity index is 348. The van der Waals surface area contributed by atoms with Crippen molar-refractivity contribution in [1.82, 2.24) is 4.90 Å². The van der Waals surface area contributed by atoms with Crippen LogP contribution in [0.15, 0.2) is 35.3 Å². The van der Waals surface area contributed by atoms with Gasteiger partial charge < -0.3 is 10.0 Å². The topological polar surface area (TPSA) is 35.8 Å². The van der Waals surface area contributed by atoms with E-state index in [1.54, 1.807) is 4.90 Å². The molecule has 2 unspecified atom stereocenters. The first kappa shape index (κ1) is 9.21. The number of aliphatic hydroxyl groups excluding tert-OH is 1. The second-order valence-corrected chi connectivity index (χ2v) is 3.58. The molecule has 0 aromatic heterocycles. The van der Waals surface area contributed by atoms with Gasteiger partial charge in [0.15, 0.2) is 0 Å². The number of rotatable bonds is 1. The molecular weight excluding hydrogens is 176 g/mol. The van der Waals surface area contributed by atoms with Crippen LogP contribution in [0.1, 0.15) is 12.5 Å². The lowest BCUT2D eigenvalue weighted by Crippen LogP contribution is -2.35. The molecule has 0 saturated heterocycles. The van der Waals surface area contributed by atoms with E-state index in [0.717, 1.165) is 11.4 Å². The molecule has 1 N–H and O–H groups in total. The number of hydrogen-bond donors (Lipinski definition) is 1. The van der Waals surface area contributed by atoms with Gasteiger partial charge in [0.25, 0.3) is 0 Å². The molecule has 1 aromatic carbocycles. The van der Waals surface area contributed by atoms with Crippen LogP contribution in [0, 0.1) is 0 Å². The van der Waals surface area contributed by atoms with E-state index in [2.05, 4.69) is 4.99 Å². The van der Waals surface area contributed by atoms with Crippen molar-refractivity contribution in [3.05, 3.63) is 35.9 Å². The summed E-state index contributed by atoms with van der Waals surface area (Å²) in [5, 5.41) is 9.71. The van der Waals surface area contributed by atoms with Crippen molar-refractivity contribution < 1.29 is 5.11 Å². The Morgan fingerprint density at radius 2 is 1.93 bits per heavy atom. The first-order valence-electron chi connectivity index (χ1n) is 4.74. The average Bonchev–Trinajstić information content (AvgIpc) is 2.47. The van der Waals surface area contributed by atoms with E-state index in [9.17, 15) is 5.11 Å². The van der Waals surface area contributed by atoms with E-state index in [4.69, 9.17) is 0 Å². The van der Waals surface area contributed by atoms with Crippen molar-refractivity contribution >= 4 is 5.84 Å². The Labute approximate surface area is 83.7 Å². The van der Waals surface area contributed by atoms with E-state index < -0.39 is 6.23 Å². The molecule has 1 heterocycles. The molecule has 0 spiro atoms. The highest BCUT2D eigenvalue weighted by molar-refractivity contribution is 5.99. The normalized spacial score (nSPS) is 26.5. The van der Waals surface area contributed by atoms with Gasteiger partial charge in [0, 0.05) is 12.6 Å². The summed E-state index contributed by atoms with van der Waals surface area (Å²) in [7, 11) is 1.86. The van der Waals surface area contributed by atoms with Crippen molar-refractivity contribution in [2.24, 2.45) is 4.99 Å². The van der Waals surface area contributed by atoms with Crippen molar-refractivity contribution in [2.45, 2.75) is 19.2 Å². The third-order valence-electron chi connectivity index (χ3n) is 2.52. The van der Waals surface area contributed by atoms with Gasteiger partial charge in [-0.2, -0.15) is 0 Å². The van der Waals surface area contributed by atoms with Gasteiger partial charge in [0.1, 0.15) is 12.1 Å². The number of aliphatic imine (C=N–C) groups is 1. The van der Waals surface area contributed by atoms with Gasteiger partial charge in [-0.1, -0.05) is 30.3 Å². The highest BCUT2D eigenvalue weighted by Crippen LogP contribution is 2.17. The summed E-state index contributed by atoms with van der Waals surface area (Å²) in [4.78, 5) is 6.22. The van der Waals surface area contributed by atoms with Crippen LogP contribution < -0.4 is 0 Å². The Balaban J connectivity index is 2.33. The molecule has 0 amide bonds. The summed E-state index contributed by atoms with van der Waals surface area (Å²) in [5.41, 5.74) is 1.05. The van der Waals surface area contributed by atoms with E-state index in [-0.39, 0.29) is 6.04 Å². The smallest absolute Gasteiger partial charge is 0.150 e. The minimum absolute atomic E-state index is 0.0461. The predicted octanol–water partition coefficient (Wildman–Crippen LogP) is 1.09.